The molecule has 0 atom stereocenters. The van der Waals surface area contributed by atoms with Crippen molar-refractivity contribution in [3.8, 4) is 0 Å². The Morgan fingerprint density at radius 1 is 1.24 bits per heavy atom. The van der Waals surface area contributed by atoms with E-state index in [1.165, 1.54) is 18.2 Å². The van der Waals surface area contributed by atoms with E-state index in [4.69, 9.17) is 16.8 Å². The van der Waals surface area contributed by atoms with Crippen molar-refractivity contribution in [1.29, 1.82) is 0 Å². The van der Waals surface area contributed by atoms with Gasteiger partial charge < -0.3 is 10.5 Å². The zero-order valence-corrected chi connectivity index (χ0v) is 11.9. The van der Waals surface area contributed by atoms with Crippen LogP contribution >= 0.6 is 11.6 Å². The van der Waals surface area contributed by atoms with Gasteiger partial charge in [0.15, 0.2) is 0 Å². The number of amides is 1. The van der Waals surface area contributed by atoms with E-state index in [0.29, 0.717) is 17.0 Å². The Morgan fingerprint density at radius 2 is 1.90 bits per heavy atom. The second kappa shape index (κ2) is 6.37. The van der Waals surface area contributed by atoms with E-state index in [2.05, 4.69) is 10.5 Å². The minimum atomic E-state index is -0.681. The molecule has 0 bridgehead atoms. The Morgan fingerprint density at radius 3 is 2.48 bits per heavy atom. The van der Waals surface area contributed by atoms with Crippen molar-refractivity contribution in [3.05, 3.63) is 64.4 Å². The van der Waals surface area contributed by atoms with Crippen LogP contribution in [-0.2, 0) is 0 Å². The van der Waals surface area contributed by atoms with Crippen molar-refractivity contribution in [2.75, 3.05) is 5.32 Å². The van der Waals surface area contributed by atoms with E-state index >= 15 is 0 Å². The van der Waals surface area contributed by atoms with Gasteiger partial charge in [-0.3, -0.25) is 4.79 Å². The number of hydrogen-bond acceptors (Lipinski definition) is 3. The third-order valence-electron chi connectivity index (χ3n) is 2.90. The Labute approximate surface area is 125 Å². The van der Waals surface area contributed by atoms with Crippen molar-refractivity contribution in [2.45, 2.75) is 6.92 Å². The molecule has 2 aromatic carbocycles. The third-order valence-corrected chi connectivity index (χ3v) is 3.22. The van der Waals surface area contributed by atoms with E-state index in [9.17, 15) is 9.18 Å². The van der Waals surface area contributed by atoms with Gasteiger partial charge in [-0.2, -0.15) is 0 Å². The highest BCUT2D eigenvalue weighted by atomic mass is 35.5. The Bertz CT molecular complexity index is 679. The molecule has 0 saturated carbocycles. The van der Waals surface area contributed by atoms with Crippen LogP contribution in [0.2, 0.25) is 5.02 Å². The molecule has 0 fully saturated rings. The summed E-state index contributed by atoms with van der Waals surface area (Å²) >= 11 is 5.83. The van der Waals surface area contributed by atoms with Crippen molar-refractivity contribution in [1.82, 2.24) is 0 Å². The Hall–Kier alpha value is -2.40. The first-order valence-corrected chi connectivity index (χ1v) is 6.45. The van der Waals surface area contributed by atoms with Crippen molar-refractivity contribution in [2.24, 2.45) is 5.16 Å². The van der Waals surface area contributed by atoms with Gasteiger partial charge in [-0.1, -0.05) is 35.0 Å². The number of halogens is 2. The molecule has 2 N–H and O–H groups in total. The molecule has 0 heterocycles. The summed E-state index contributed by atoms with van der Waals surface area (Å²) < 4.78 is 13.6. The van der Waals surface area contributed by atoms with E-state index < -0.39 is 11.7 Å². The Balaban J connectivity index is 2.20. The highest BCUT2D eigenvalue weighted by Crippen LogP contribution is 2.20. The summed E-state index contributed by atoms with van der Waals surface area (Å²) in [5, 5.41) is 14.4. The van der Waals surface area contributed by atoms with Crippen LogP contribution in [0.3, 0.4) is 0 Å². The molecule has 0 unspecified atom stereocenters. The predicted octanol–water partition coefficient (Wildman–Crippen LogP) is 3.93. The number of anilines is 1. The lowest BCUT2D eigenvalue weighted by atomic mass is 10.1. The normalized spacial score (nSPS) is 11.3. The summed E-state index contributed by atoms with van der Waals surface area (Å²) in [6.07, 6.45) is 0. The summed E-state index contributed by atoms with van der Waals surface area (Å²) in [5.41, 5.74) is 1.44. The Kier molecular flexibility index (Phi) is 4.55. The van der Waals surface area contributed by atoms with Crippen LogP contribution in [0.15, 0.2) is 47.6 Å². The molecule has 108 valence electrons. The van der Waals surface area contributed by atoms with E-state index in [1.807, 2.05) is 0 Å². The second-order valence-electron chi connectivity index (χ2n) is 4.31. The molecule has 0 aliphatic heterocycles. The summed E-state index contributed by atoms with van der Waals surface area (Å²) in [6, 6.07) is 10.6. The molecular weight excluding hydrogens is 295 g/mol. The summed E-state index contributed by atoms with van der Waals surface area (Å²) in [5.74, 6) is -1.31. The molecule has 4 nitrogen and oxygen atoms in total. The van der Waals surface area contributed by atoms with Crippen molar-refractivity contribution in [3.63, 3.8) is 0 Å². The molecule has 21 heavy (non-hydrogen) atoms. The highest BCUT2D eigenvalue weighted by Gasteiger charge is 2.15. The van der Waals surface area contributed by atoms with Crippen molar-refractivity contribution >= 4 is 28.9 Å². The molecule has 0 saturated heterocycles. The van der Waals surface area contributed by atoms with Crippen molar-refractivity contribution < 1.29 is 14.4 Å². The SMILES string of the molecule is C/C(=N\O)c1ccc(NC(=O)c2c(F)cccc2Cl)cc1. The number of oxime groups is 1. The molecule has 2 rings (SSSR count). The number of rotatable bonds is 3. The van der Waals surface area contributed by atoms with Crippen LogP contribution in [0.4, 0.5) is 10.1 Å². The van der Waals surface area contributed by atoms with Gasteiger partial charge in [-0.05, 0) is 36.8 Å². The average molecular weight is 307 g/mol. The van der Waals surface area contributed by atoms with Crippen LogP contribution in [0.5, 0.6) is 0 Å². The maximum atomic E-state index is 13.6. The van der Waals surface area contributed by atoms with Gasteiger partial charge in [0, 0.05) is 5.69 Å². The van der Waals surface area contributed by atoms with Crippen LogP contribution in [0, 0.1) is 5.82 Å². The third kappa shape index (κ3) is 3.38. The van der Waals surface area contributed by atoms with E-state index in [-0.39, 0.29) is 10.6 Å². The summed E-state index contributed by atoms with van der Waals surface area (Å²) in [7, 11) is 0. The number of carbonyl (C=O) groups excluding carboxylic acids is 1. The highest BCUT2D eigenvalue weighted by molar-refractivity contribution is 6.34. The quantitative estimate of drug-likeness (QED) is 0.513. The van der Waals surface area contributed by atoms with Gasteiger partial charge in [0.05, 0.1) is 16.3 Å². The second-order valence-corrected chi connectivity index (χ2v) is 4.72. The number of benzene rings is 2. The molecule has 0 spiro atoms. The minimum Gasteiger partial charge on any atom is -0.411 e. The lowest BCUT2D eigenvalue weighted by molar-refractivity contribution is 0.102. The topological polar surface area (TPSA) is 61.7 Å². The maximum Gasteiger partial charge on any atom is 0.260 e. The van der Waals surface area contributed by atoms with Gasteiger partial charge in [-0.15, -0.1) is 0 Å². The first-order valence-electron chi connectivity index (χ1n) is 6.07. The monoisotopic (exact) mass is 306 g/mol. The number of carbonyl (C=O) groups is 1. The lowest BCUT2D eigenvalue weighted by Crippen LogP contribution is -2.14. The molecule has 2 aromatic rings. The zero-order valence-electron chi connectivity index (χ0n) is 11.1. The molecule has 0 radical (unpaired) electrons. The van der Waals surface area contributed by atoms with E-state index in [1.54, 1.807) is 31.2 Å². The molecule has 1 amide bonds. The fraction of sp³-hybridized carbons (Fsp3) is 0.0667. The fourth-order valence-electron chi connectivity index (χ4n) is 1.76. The van der Waals surface area contributed by atoms with Crippen LogP contribution in [-0.4, -0.2) is 16.8 Å². The van der Waals surface area contributed by atoms with Gasteiger partial charge in [0.1, 0.15) is 5.82 Å². The first kappa shape index (κ1) is 15.0. The molecule has 6 heteroatoms. The van der Waals surface area contributed by atoms with Crippen LogP contribution in [0.1, 0.15) is 22.8 Å². The fourth-order valence-corrected chi connectivity index (χ4v) is 2.01. The van der Waals surface area contributed by atoms with Gasteiger partial charge in [0.25, 0.3) is 5.91 Å². The largest absolute Gasteiger partial charge is 0.411 e. The molecular formula is C15H12ClFN2O2. The smallest absolute Gasteiger partial charge is 0.260 e. The van der Waals surface area contributed by atoms with Gasteiger partial charge in [-0.25, -0.2) is 4.39 Å². The first-order chi connectivity index (χ1) is 10.0. The average Bonchev–Trinajstić information content (AvgIpc) is 2.47. The van der Waals surface area contributed by atoms with Gasteiger partial charge in [0.2, 0.25) is 0 Å². The molecule has 0 aliphatic carbocycles. The lowest BCUT2D eigenvalue weighted by Gasteiger charge is -2.08. The summed E-state index contributed by atoms with van der Waals surface area (Å²) in [4.78, 5) is 12.0. The molecule has 0 aliphatic rings. The zero-order chi connectivity index (χ0) is 15.4. The summed E-state index contributed by atoms with van der Waals surface area (Å²) in [6.45, 7) is 1.65. The minimum absolute atomic E-state index is 0.0485. The van der Waals surface area contributed by atoms with Gasteiger partial charge >= 0.3 is 0 Å². The standard InChI is InChI=1S/C15H12ClFN2O2/c1-9(19-21)10-5-7-11(8-6-10)18-15(20)14-12(16)3-2-4-13(14)17/h2-8,21H,1H3,(H,18,20)/b19-9+. The van der Waals surface area contributed by atoms with E-state index in [0.717, 1.165) is 0 Å². The maximum absolute atomic E-state index is 13.6. The number of hydrogen-bond donors (Lipinski definition) is 2. The van der Waals surface area contributed by atoms with Crippen LogP contribution in [0.25, 0.3) is 0 Å². The number of nitrogens with one attached hydrogen (secondary N) is 1. The van der Waals surface area contributed by atoms with Crippen LogP contribution < -0.4 is 5.32 Å². The predicted molar refractivity (Wildman–Crippen MR) is 79.8 cm³/mol. The number of nitrogens with zero attached hydrogens (tertiary/aromatic N) is 1. The molecule has 0 aromatic heterocycles.